The zero-order valence-corrected chi connectivity index (χ0v) is 15.3. The summed E-state index contributed by atoms with van der Waals surface area (Å²) in [5.41, 5.74) is 2.31. The van der Waals surface area contributed by atoms with Crippen molar-refractivity contribution in [1.29, 1.82) is 0 Å². The molecule has 138 valence electrons. The van der Waals surface area contributed by atoms with Crippen molar-refractivity contribution < 1.29 is 9.18 Å². The third-order valence-corrected chi connectivity index (χ3v) is 5.32. The van der Waals surface area contributed by atoms with E-state index in [-0.39, 0.29) is 17.8 Å². The second-order valence-corrected chi connectivity index (χ2v) is 7.19. The first-order valence-electron chi connectivity index (χ1n) is 9.42. The van der Waals surface area contributed by atoms with Gasteiger partial charge in [0.05, 0.1) is 6.04 Å². The molecule has 1 aliphatic heterocycles. The number of carbonyl (C=O) groups excluding carboxylic acids is 1. The van der Waals surface area contributed by atoms with E-state index in [1.807, 2.05) is 6.92 Å². The largest absolute Gasteiger partial charge is 0.351 e. The Morgan fingerprint density at radius 2 is 1.73 bits per heavy atom. The molecule has 0 aliphatic carbocycles. The summed E-state index contributed by atoms with van der Waals surface area (Å²) in [5.74, 6) is 0.478. The molecule has 1 N–H and O–H groups in total. The average Bonchev–Trinajstić information content (AvgIpc) is 2.68. The van der Waals surface area contributed by atoms with Gasteiger partial charge in [-0.2, -0.15) is 0 Å². The molecule has 1 heterocycles. The number of hydrogen-bond acceptors (Lipinski definition) is 2. The van der Waals surface area contributed by atoms with Crippen molar-refractivity contribution in [3.63, 3.8) is 0 Å². The van der Waals surface area contributed by atoms with E-state index in [9.17, 15) is 9.18 Å². The van der Waals surface area contributed by atoms with E-state index < -0.39 is 0 Å². The van der Waals surface area contributed by atoms with E-state index >= 15 is 0 Å². The molecule has 1 atom stereocenters. The lowest BCUT2D eigenvalue weighted by Crippen LogP contribution is -2.48. The molecule has 1 aliphatic rings. The van der Waals surface area contributed by atoms with Crippen molar-refractivity contribution in [2.75, 3.05) is 13.1 Å². The van der Waals surface area contributed by atoms with Crippen molar-refractivity contribution in [2.45, 2.75) is 38.8 Å². The molecule has 0 radical (unpaired) electrons. The van der Waals surface area contributed by atoms with Gasteiger partial charge in [0.15, 0.2) is 0 Å². The topological polar surface area (TPSA) is 32.3 Å². The molecule has 3 rings (SSSR count). The molecule has 0 unspecified atom stereocenters. The Bertz CT molecular complexity index is 694. The standard InChI is InChI=1S/C22H27FN2O/c1-17(22(26)24-16-20-7-9-21(23)10-8-20)25-13-11-19(12-14-25)15-18-5-3-2-4-6-18/h2-10,17,19H,11-16H2,1H3,(H,24,26)/t17-/m0/s1. The minimum Gasteiger partial charge on any atom is -0.351 e. The lowest BCUT2D eigenvalue weighted by molar-refractivity contribution is -0.126. The molecule has 2 aromatic rings. The second-order valence-electron chi connectivity index (χ2n) is 7.19. The predicted molar refractivity (Wildman–Crippen MR) is 102 cm³/mol. The van der Waals surface area contributed by atoms with Crippen LogP contribution in [0.2, 0.25) is 0 Å². The first-order chi connectivity index (χ1) is 12.6. The highest BCUT2D eigenvalue weighted by Crippen LogP contribution is 2.23. The van der Waals surface area contributed by atoms with Crippen LogP contribution < -0.4 is 5.32 Å². The summed E-state index contributed by atoms with van der Waals surface area (Å²) < 4.78 is 12.9. The number of nitrogens with zero attached hydrogens (tertiary/aromatic N) is 1. The maximum absolute atomic E-state index is 12.9. The van der Waals surface area contributed by atoms with Crippen LogP contribution >= 0.6 is 0 Å². The molecule has 0 bridgehead atoms. The zero-order chi connectivity index (χ0) is 18.4. The van der Waals surface area contributed by atoms with Crippen LogP contribution in [0.25, 0.3) is 0 Å². The highest BCUT2D eigenvalue weighted by molar-refractivity contribution is 5.81. The molecule has 3 nitrogen and oxygen atoms in total. The average molecular weight is 354 g/mol. The van der Waals surface area contributed by atoms with Gasteiger partial charge in [-0.1, -0.05) is 42.5 Å². The minimum absolute atomic E-state index is 0.0378. The Morgan fingerprint density at radius 3 is 2.38 bits per heavy atom. The highest BCUT2D eigenvalue weighted by Gasteiger charge is 2.26. The van der Waals surface area contributed by atoms with Crippen LogP contribution in [-0.4, -0.2) is 29.9 Å². The first-order valence-corrected chi connectivity index (χ1v) is 9.42. The minimum atomic E-state index is -0.258. The molecule has 2 aromatic carbocycles. The molecule has 0 saturated carbocycles. The number of hydrogen-bond donors (Lipinski definition) is 1. The lowest BCUT2D eigenvalue weighted by Gasteiger charge is -2.35. The predicted octanol–water partition coefficient (Wildman–Crippen LogP) is 3.79. The van der Waals surface area contributed by atoms with Crippen LogP contribution in [0.4, 0.5) is 4.39 Å². The number of piperidine rings is 1. The van der Waals surface area contributed by atoms with Gasteiger partial charge in [0, 0.05) is 6.54 Å². The Labute approximate surface area is 155 Å². The maximum Gasteiger partial charge on any atom is 0.237 e. The van der Waals surface area contributed by atoms with Crippen LogP contribution in [0.1, 0.15) is 30.9 Å². The molecule has 1 saturated heterocycles. The van der Waals surface area contributed by atoms with Crippen LogP contribution in [0.5, 0.6) is 0 Å². The van der Waals surface area contributed by atoms with Crippen LogP contribution in [0.3, 0.4) is 0 Å². The molecule has 4 heteroatoms. The quantitative estimate of drug-likeness (QED) is 0.856. The normalized spacial score (nSPS) is 17.0. The third kappa shape index (κ3) is 5.15. The van der Waals surface area contributed by atoms with Crippen molar-refractivity contribution in [3.05, 3.63) is 71.5 Å². The number of amides is 1. The van der Waals surface area contributed by atoms with E-state index in [2.05, 4.69) is 40.5 Å². The van der Waals surface area contributed by atoms with Crippen molar-refractivity contribution >= 4 is 5.91 Å². The fourth-order valence-electron chi connectivity index (χ4n) is 3.60. The molecule has 1 fully saturated rings. The number of benzene rings is 2. The van der Waals surface area contributed by atoms with E-state index in [0.717, 1.165) is 37.9 Å². The monoisotopic (exact) mass is 354 g/mol. The first kappa shape index (κ1) is 18.6. The van der Waals surface area contributed by atoms with Gasteiger partial charge in [-0.3, -0.25) is 9.69 Å². The summed E-state index contributed by atoms with van der Waals surface area (Å²) in [4.78, 5) is 14.7. The molecule has 0 spiro atoms. The van der Waals surface area contributed by atoms with Crippen LogP contribution in [-0.2, 0) is 17.8 Å². The highest BCUT2D eigenvalue weighted by atomic mass is 19.1. The summed E-state index contributed by atoms with van der Waals surface area (Å²) in [5, 5.41) is 2.96. The zero-order valence-electron chi connectivity index (χ0n) is 15.3. The van der Waals surface area contributed by atoms with Crippen molar-refractivity contribution in [2.24, 2.45) is 5.92 Å². The summed E-state index contributed by atoms with van der Waals surface area (Å²) >= 11 is 0. The molecule has 1 amide bonds. The number of likely N-dealkylation sites (tertiary alicyclic amines) is 1. The van der Waals surface area contributed by atoms with Crippen molar-refractivity contribution in [1.82, 2.24) is 10.2 Å². The molecule has 26 heavy (non-hydrogen) atoms. The maximum atomic E-state index is 12.9. The third-order valence-electron chi connectivity index (χ3n) is 5.32. The Morgan fingerprint density at radius 1 is 1.08 bits per heavy atom. The molecular weight excluding hydrogens is 327 g/mol. The van der Waals surface area contributed by atoms with Gasteiger partial charge in [-0.15, -0.1) is 0 Å². The van der Waals surface area contributed by atoms with E-state index in [1.165, 1.54) is 17.7 Å². The summed E-state index contributed by atoms with van der Waals surface area (Å²) in [6.07, 6.45) is 3.38. The van der Waals surface area contributed by atoms with Gasteiger partial charge in [-0.05, 0) is 68.5 Å². The summed E-state index contributed by atoms with van der Waals surface area (Å²) in [6.45, 7) is 4.33. The van der Waals surface area contributed by atoms with Gasteiger partial charge < -0.3 is 5.32 Å². The van der Waals surface area contributed by atoms with Gasteiger partial charge in [-0.25, -0.2) is 4.39 Å². The smallest absolute Gasteiger partial charge is 0.237 e. The number of rotatable bonds is 6. The van der Waals surface area contributed by atoms with E-state index in [0.29, 0.717) is 12.5 Å². The number of halogens is 1. The summed E-state index contributed by atoms with van der Waals surface area (Å²) in [7, 11) is 0. The second kappa shape index (κ2) is 8.95. The van der Waals surface area contributed by atoms with Crippen LogP contribution in [0, 0.1) is 11.7 Å². The van der Waals surface area contributed by atoms with E-state index in [1.54, 1.807) is 12.1 Å². The Kier molecular flexibility index (Phi) is 6.40. The fraction of sp³-hybridized carbons (Fsp3) is 0.409. The number of nitrogens with one attached hydrogen (secondary N) is 1. The number of carbonyl (C=O) groups is 1. The Balaban J connectivity index is 1.43. The van der Waals surface area contributed by atoms with Gasteiger partial charge in [0.25, 0.3) is 0 Å². The van der Waals surface area contributed by atoms with Gasteiger partial charge in [0.1, 0.15) is 5.82 Å². The van der Waals surface area contributed by atoms with Crippen molar-refractivity contribution in [3.8, 4) is 0 Å². The SMILES string of the molecule is C[C@@H](C(=O)NCc1ccc(F)cc1)N1CCC(Cc2ccccc2)CC1. The van der Waals surface area contributed by atoms with Crippen LogP contribution in [0.15, 0.2) is 54.6 Å². The molecular formula is C22H27FN2O. The summed E-state index contributed by atoms with van der Waals surface area (Å²) in [6, 6.07) is 16.7. The fourth-order valence-corrected chi connectivity index (χ4v) is 3.60. The van der Waals surface area contributed by atoms with E-state index in [4.69, 9.17) is 0 Å². The molecule has 0 aromatic heterocycles. The lowest BCUT2D eigenvalue weighted by atomic mass is 9.89. The van der Waals surface area contributed by atoms with Gasteiger partial charge >= 0.3 is 0 Å². The Hall–Kier alpha value is -2.20. The van der Waals surface area contributed by atoms with Gasteiger partial charge in [0.2, 0.25) is 5.91 Å².